The molecule has 1 unspecified atom stereocenters. The normalized spacial score (nSPS) is 13.0. The molecule has 0 aromatic heterocycles. The Hall–Kier alpha value is -0.880. The molecule has 0 aliphatic heterocycles. The summed E-state index contributed by atoms with van der Waals surface area (Å²) >= 11 is 0. The Morgan fingerprint density at radius 1 is 0.771 bits per heavy atom. The number of unbranched alkanes of at least 4 members (excludes halogenated alkanes) is 13. The van der Waals surface area contributed by atoms with Crippen LogP contribution in [0.15, 0.2) is 12.7 Å². The van der Waals surface area contributed by atoms with Crippen LogP contribution in [0.4, 0.5) is 4.79 Å². The molecule has 1 atom stereocenters. The van der Waals surface area contributed by atoms with Gasteiger partial charge in [0.25, 0.3) is 0 Å². The van der Waals surface area contributed by atoms with Crippen molar-refractivity contribution < 1.29 is 32.6 Å². The highest BCUT2D eigenvalue weighted by molar-refractivity contribution is 7.54. The summed E-state index contributed by atoms with van der Waals surface area (Å²) in [5.74, 6) is 0. The maximum absolute atomic E-state index is 12.6. The Morgan fingerprint density at radius 2 is 1.29 bits per heavy atom. The molecule has 0 rings (SSSR count). The lowest BCUT2D eigenvalue weighted by atomic mass is 10.0. The van der Waals surface area contributed by atoms with Gasteiger partial charge in [0.2, 0.25) is 6.79 Å². The number of allylic oxidation sites excluding steroid dienone is 1. The standard InChI is InChI=1S/C27H53O7P/c1-5-7-8-9-10-11-12-13-14-15-16-17-18-19-21-30-22-20-23-32-35(29,24-6-2)33-25-31-27(28)34-26(3)4/h6,26H,2,5,7-25H2,1,3-4H3. The van der Waals surface area contributed by atoms with E-state index in [9.17, 15) is 9.36 Å². The van der Waals surface area contributed by atoms with Gasteiger partial charge in [0.05, 0.1) is 18.9 Å². The van der Waals surface area contributed by atoms with Crippen LogP contribution in [0, 0.1) is 0 Å². The van der Waals surface area contributed by atoms with Crippen LogP contribution in [0.25, 0.3) is 0 Å². The molecule has 35 heavy (non-hydrogen) atoms. The maximum Gasteiger partial charge on any atom is 0.510 e. The second-order valence-corrected chi connectivity index (χ2v) is 11.4. The van der Waals surface area contributed by atoms with Gasteiger partial charge in [-0.3, -0.25) is 9.09 Å². The zero-order valence-corrected chi connectivity index (χ0v) is 23.7. The highest BCUT2D eigenvalue weighted by Crippen LogP contribution is 2.48. The van der Waals surface area contributed by atoms with Gasteiger partial charge in [0.1, 0.15) is 0 Å². The zero-order valence-electron chi connectivity index (χ0n) is 22.8. The topological polar surface area (TPSA) is 80.3 Å². The van der Waals surface area contributed by atoms with Crippen LogP contribution < -0.4 is 0 Å². The molecule has 7 nitrogen and oxygen atoms in total. The van der Waals surface area contributed by atoms with Gasteiger partial charge in [-0.25, -0.2) is 4.79 Å². The van der Waals surface area contributed by atoms with E-state index in [-0.39, 0.29) is 18.9 Å². The Balaban J connectivity index is 3.53. The smallest absolute Gasteiger partial charge is 0.432 e. The Bertz CT molecular complexity index is 540. The van der Waals surface area contributed by atoms with Crippen molar-refractivity contribution in [2.75, 3.05) is 32.8 Å². The molecule has 0 aliphatic rings. The first-order valence-corrected chi connectivity index (χ1v) is 15.6. The average Bonchev–Trinajstić information content (AvgIpc) is 2.80. The first-order valence-electron chi connectivity index (χ1n) is 13.8. The second kappa shape index (κ2) is 24.8. The summed E-state index contributed by atoms with van der Waals surface area (Å²) in [7, 11) is -3.41. The Kier molecular flexibility index (Phi) is 24.2. The van der Waals surface area contributed by atoms with Crippen LogP contribution >= 0.6 is 7.60 Å². The number of carbonyl (C=O) groups is 1. The van der Waals surface area contributed by atoms with Crippen molar-refractivity contribution >= 4 is 13.8 Å². The highest BCUT2D eigenvalue weighted by Gasteiger charge is 2.23. The van der Waals surface area contributed by atoms with Crippen molar-refractivity contribution in [3.8, 4) is 0 Å². The fourth-order valence-corrected chi connectivity index (χ4v) is 4.77. The van der Waals surface area contributed by atoms with Gasteiger partial charge < -0.3 is 18.7 Å². The molecule has 0 fully saturated rings. The van der Waals surface area contributed by atoms with Gasteiger partial charge >= 0.3 is 13.8 Å². The Labute approximate surface area is 215 Å². The van der Waals surface area contributed by atoms with Crippen LogP contribution in [0.2, 0.25) is 0 Å². The van der Waals surface area contributed by atoms with Gasteiger partial charge in [-0.15, -0.1) is 6.58 Å². The predicted molar refractivity (Wildman–Crippen MR) is 143 cm³/mol. The molecule has 0 aliphatic carbocycles. The van der Waals surface area contributed by atoms with Gasteiger partial charge in [-0.2, -0.15) is 0 Å². The number of rotatable bonds is 26. The van der Waals surface area contributed by atoms with Crippen molar-refractivity contribution in [3.05, 3.63) is 12.7 Å². The summed E-state index contributed by atoms with van der Waals surface area (Å²) in [6.07, 6.45) is 19.7. The lowest BCUT2D eigenvalue weighted by molar-refractivity contribution is -0.0130. The van der Waals surface area contributed by atoms with Crippen molar-refractivity contribution in [1.82, 2.24) is 0 Å². The fourth-order valence-electron chi connectivity index (χ4n) is 3.55. The molecule has 0 saturated carbocycles. The Morgan fingerprint density at radius 3 is 1.80 bits per heavy atom. The molecule has 0 heterocycles. The molecule has 0 saturated heterocycles. The zero-order chi connectivity index (χ0) is 26.0. The van der Waals surface area contributed by atoms with Crippen molar-refractivity contribution in [2.24, 2.45) is 0 Å². The van der Waals surface area contributed by atoms with E-state index in [1.807, 2.05) is 0 Å². The third-order valence-electron chi connectivity index (χ3n) is 5.47. The van der Waals surface area contributed by atoms with Gasteiger partial charge in [-0.1, -0.05) is 96.5 Å². The summed E-state index contributed by atoms with van der Waals surface area (Å²) in [5.41, 5.74) is 0. The quantitative estimate of drug-likeness (QED) is 0.0370. The minimum Gasteiger partial charge on any atom is -0.432 e. The summed E-state index contributed by atoms with van der Waals surface area (Å²) in [4.78, 5) is 11.3. The summed E-state index contributed by atoms with van der Waals surface area (Å²) in [6, 6.07) is 0. The van der Waals surface area contributed by atoms with Crippen LogP contribution in [0.3, 0.4) is 0 Å². The number of carbonyl (C=O) groups excluding carboxylic acids is 1. The van der Waals surface area contributed by atoms with Crippen LogP contribution in [-0.4, -0.2) is 45.0 Å². The molecule has 0 spiro atoms. The summed E-state index contributed by atoms with van der Waals surface area (Å²) in [5, 5.41) is 0. The lowest BCUT2D eigenvalue weighted by Gasteiger charge is -2.17. The van der Waals surface area contributed by atoms with Crippen LogP contribution in [0.1, 0.15) is 117 Å². The molecule has 8 heteroatoms. The maximum atomic E-state index is 12.6. The monoisotopic (exact) mass is 520 g/mol. The van der Waals surface area contributed by atoms with Crippen LogP contribution in [0.5, 0.6) is 0 Å². The molecule has 0 bridgehead atoms. The predicted octanol–water partition coefficient (Wildman–Crippen LogP) is 8.81. The number of hydrogen-bond donors (Lipinski definition) is 0. The summed E-state index contributed by atoms with van der Waals surface area (Å²) in [6.45, 7) is 10.3. The third-order valence-corrected chi connectivity index (χ3v) is 7.25. The molecular formula is C27H53O7P. The lowest BCUT2D eigenvalue weighted by Crippen LogP contribution is -2.15. The van der Waals surface area contributed by atoms with E-state index in [4.69, 9.17) is 23.3 Å². The molecule has 208 valence electrons. The average molecular weight is 521 g/mol. The third kappa shape index (κ3) is 24.6. The van der Waals surface area contributed by atoms with Gasteiger partial charge in [0, 0.05) is 13.2 Å². The van der Waals surface area contributed by atoms with Crippen molar-refractivity contribution in [2.45, 2.75) is 123 Å². The molecular weight excluding hydrogens is 467 g/mol. The minimum atomic E-state index is -3.41. The number of ether oxygens (including phenoxy) is 3. The van der Waals surface area contributed by atoms with E-state index in [1.165, 1.54) is 89.5 Å². The summed E-state index contributed by atoms with van der Waals surface area (Å²) < 4.78 is 38.4. The molecule has 0 radical (unpaired) electrons. The first-order chi connectivity index (χ1) is 16.9. The molecule has 0 amide bonds. The largest absolute Gasteiger partial charge is 0.510 e. The SMILES string of the molecule is C=CCP(=O)(OCCCOCCCCCCCCCCCCCCCC)OCOC(=O)OC(C)C. The van der Waals surface area contributed by atoms with E-state index < -0.39 is 20.5 Å². The van der Waals surface area contributed by atoms with Crippen LogP contribution in [-0.2, 0) is 27.8 Å². The van der Waals surface area contributed by atoms with E-state index >= 15 is 0 Å². The molecule has 0 aromatic carbocycles. The van der Waals surface area contributed by atoms with E-state index in [2.05, 4.69) is 13.5 Å². The fraction of sp³-hybridized carbons (Fsp3) is 0.889. The van der Waals surface area contributed by atoms with Gasteiger partial charge in [0.15, 0.2) is 0 Å². The van der Waals surface area contributed by atoms with E-state index in [0.29, 0.717) is 13.0 Å². The van der Waals surface area contributed by atoms with Gasteiger partial charge in [-0.05, 0) is 26.7 Å². The van der Waals surface area contributed by atoms with Crippen molar-refractivity contribution in [3.63, 3.8) is 0 Å². The molecule has 0 aromatic rings. The first kappa shape index (κ1) is 34.1. The van der Waals surface area contributed by atoms with Crippen molar-refractivity contribution in [1.29, 1.82) is 0 Å². The highest BCUT2D eigenvalue weighted by atomic mass is 31.2. The molecule has 0 N–H and O–H groups in total. The second-order valence-electron chi connectivity index (χ2n) is 9.29. The van der Waals surface area contributed by atoms with E-state index in [0.717, 1.165) is 13.0 Å². The minimum absolute atomic E-state index is 0.0372. The number of hydrogen-bond acceptors (Lipinski definition) is 7. The van der Waals surface area contributed by atoms with E-state index in [1.54, 1.807) is 13.8 Å².